The van der Waals surface area contributed by atoms with Gasteiger partial charge >= 0.3 is 0 Å². The summed E-state index contributed by atoms with van der Waals surface area (Å²) >= 11 is 3.25. The van der Waals surface area contributed by atoms with Crippen LogP contribution in [0.3, 0.4) is 0 Å². The van der Waals surface area contributed by atoms with Crippen molar-refractivity contribution >= 4 is 22.2 Å². The number of rotatable bonds is 7. The number of halogens is 1. The molecule has 1 rings (SSSR count). The van der Waals surface area contributed by atoms with Crippen LogP contribution in [0.2, 0.25) is 0 Å². The van der Waals surface area contributed by atoms with Crippen LogP contribution in [-0.2, 0) is 16.0 Å². The van der Waals surface area contributed by atoms with Crippen LogP contribution in [0.5, 0.6) is 0 Å². The Kier molecular flexibility index (Phi) is 5.65. The van der Waals surface area contributed by atoms with Gasteiger partial charge in [-0.2, -0.15) is 5.10 Å². The molecule has 0 saturated heterocycles. The van der Waals surface area contributed by atoms with Gasteiger partial charge in [-0.1, -0.05) is 0 Å². The molecule has 0 aromatic carbocycles. The van der Waals surface area contributed by atoms with Crippen LogP contribution in [0.4, 0.5) is 0 Å². The molecule has 0 aliphatic heterocycles. The highest BCUT2D eigenvalue weighted by Gasteiger charge is 2.14. The minimum Gasteiger partial charge on any atom is -0.351 e. The maximum absolute atomic E-state index is 10.8. The monoisotopic (exact) mass is 290 g/mol. The number of hydrogen-bond acceptors (Lipinski definition) is 4. The zero-order valence-corrected chi connectivity index (χ0v) is 10.9. The summed E-state index contributed by atoms with van der Waals surface area (Å²) in [6.45, 7) is 5.31. The molecule has 1 aromatic rings. The van der Waals surface area contributed by atoms with Crippen LogP contribution in [0.25, 0.3) is 0 Å². The van der Waals surface area contributed by atoms with E-state index in [2.05, 4.69) is 21.0 Å². The number of aldehydes is 1. The minimum absolute atomic E-state index is 0.375. The van der Waals surface area contributed by atoms with E-state index in [4.69, 9.17) is 9.47 Å². The molecule has 5 nitrogen and oxygen atoms in total. The highest BCUT2D eigenvalue weighted by Crippen LogP contribution is 2.14. The SMILES string of the molecule is CCOC(Cn1ncc(Br)c1C=O)OCC. The number of carbonyl (C=O) groups excluding carboxylic acids is 1. The van der Waals surface area contributed by atoms with Crippen LogP contribution in [0.15, 0.2) is 10.7 Å². The first-order chi connectivity index (χ1) is 7.72. The number of ether oxygens (including phenoxy) is 2. The average Bonchev–Trinajstić information content (AvgIpc) is 2.60. The molecule has 0 atom stereocenters. The van der Waals surface area contributed by atoms with E-state index in [-0.39, 0.29) is 6.29 Å². The lowest BCUT2D eigenvalue weighted by Gasteiger charge is -2.17. The first-order valence-electron chi connectivity index (χ1n) is 5.12. The predicted molar refractivity (Wildman–Crippen MR) is 62.4 cm³/mol. The largest absolute Gasteiger partial charge is 0.351 e. The van der Waals surface area contributed by atoms with Crippen LogP contribution in [-0.4, -0.2) is 35.6 Å². The van der Waals surface area contributed by atoms with Gasteiger partial charge in [-0.25, -0.2) is 0 Å². The first-order valence-corrected chi connectivity index (χ1v) is 5.91. The third-order valence-electron chi connectivity index (χ3n) is 1.97. The highest BCUT2D eigenvalue weighted by molar-refractivity contribution is 9.10. The van der Waals surface area contributed by atoms with Crippen molar-refractivity contribution in [2.75, 3.05) is 13.2 Å². The van der Waals surface area contributed by atoms with E-state index in [0.29, 0.717) is 29.9 Å². The van der Waals surface area contributed by atoms with E-state index < -0.39 is 0 Å². The molecule has 0 radical (unpaired) electrons. The van der Waals surface area contributed by atoms with Crippen molar-refractivity contribution < 1.29 is 14.3 Å². The van der Waals surface area contributed by atoms with E-state index in [1.54, 1.807) is 10.9 Å². The molecule has 0 aliphatic carbocycles. The van der Waals surface area contributed by atoms with E-state index in [1.807, 2.05) is 13.8 Å². The van der Waals surface area contributed by atoms with E-state index in [0.717, 1.165) is 6.29 Å². The zero-order valence-electron chi connectivity index (χ0n) is 9.35. The predicted octanol–water partition coefficient (Wildman–Crippen LogP) is 1.86. The smallest absolute Gasteiger partial charge is 0.176 e. The summed E-state index contributed by atoms with van der Waals surface area (Å²) in [5.41, 5.74) is 0.490. The lowest BCUT2D eigenvalue weighted by molar-refractivity contribution is -0.145. The minimum atomic E-state index is -0.375. The molecule has 0 aliphatic rings. The van der Waals surface area contributed by atoms with Crippen molar-refractivity contribution in [3.8, 4) is 0 Å². The Labute approximate surface area is 103 Å². The second kappa shape index (κ2) is 6.78. The van der Waals surface area contributed by atoms with Crippen molar-refractivity contribution in [2.45, 2.75) is 26.7 Å². The highest BCUT2D eigenvalue weighted by atomic mass is 79.9. The van der Waals surface area contributed by atoms with E-state index in [9.17, 15) is 4.79 Å². The molecule has 0 saturated carbocycles. The van der Waals surface area contributed by atoms with Crippen LogP contribution in [0, 0.1) is 0 Å². The molecular weight excluding hydrogens is 276 g/mol. The number of aromatic nitrogens is 2. The van der Waals surface area contributed by atoms with Crippen molar-refractivity contribution in [2.24, 2.45) is 0 Å². The lowest BCUT2D eigenvalue weighted by atomic mass is 10.4. The Morgan fingerprint density at radius 2 is 2.12 bits per heavy atom. The molecule has 0 fully saturated rings. The molecule has 6 heteroatoms. The van der Waals surface area contributed by atoms with Gasteiger partial charge in [0.05, 0.1) is 17.2 Å². The third-order valence-corrected chi connectivity index (χ3v) is 2.58. The van der Waals surface area contributed by atoms with Crippen LogP contribution < -0.4 is 0 Å². The van der Waals surface area contributed by atoms with Gasteiger partial charge in [0.15, 0.2) is 12.6 Å². The third kappa shape index (κ3) is 3.40. The molecule has 0 unspecified atom stereocenters. The average molecular weight is 291 g/mol. The van der Waals surface area contributed by atoms with Gasteiger partial charge in [-0.3, -0.25) is 9.48 Å². The summed E-state index contributed by atoms with van der Waals surface area (Å²) in [5, 5.41) is 4.07. The van der Waals surface area contributed by atoms with Gasteiger partial charge in [-0.05, 0) is 29.8 Å². The Balaban J connectivity index is 2.72. The molecule has 16 heavy (non-hydrogen) atoms. The fourth-order valence-corrected chi connectivity index (χ4v) is 1.69. The zero-order chi connectivity index (χ0) is 12.0. The summed E-state index contributed by atoms with van der Waals surface area (Å²) < 4.78 is 13.0. The Bertz CT molecular complexity index is 335. The first kappa shape index (κ1) is 13.3. The molecule has 1 heterocycles. The van der Waals surface area contributed by atoms with Gasteiger partial charge in [0, 0.05) is 13.2 Å². The second-order valence-corrected chi connectivity index (χ2v) is 3.87. The second-order valence-electron chi connectivity index (χ2n) is 3.02. The molecule has 1 aromatic heterocycles. The van der Waals surface area contributed by atoms with E-state index >= 15 is 0 Å². The Morgan fingerprint density at radius 1 is 1.50 bits per heavy atom. The van der Waals surface area contributed by atoms with Gasteiger partial charge in [-0.15, -0.1) is 0 Å². The van der Waals surface area contributed by atoms with Crippen molar-refractivity contribution in [3.63, 3.8) is 0 Å². The quantitative estimate of drug-likeness (QED) is 0.568. The topological polar surface area (TPSA) is 53.4 Å². The standard InChI is InChI=1S/C10H15BrN2O3/c1-3-15-10(16-4-2)6-13-9(7-14)8(11)5-12-13/h5,7,10H,3-4,6H2,1-2H3. The van der Waals surface area contributed by atoms with Crippen molar-refractivity contribution in [1.82, 2.24) is 9.78 Å². The summed E-state index contributed by atoms with van der Waals surface area (Å²) in [6, 6.07) is 0. The Hall–Kier alpha value is -0.720. The number of nitrogens with zero attached hydrogens (tertiary/aromatic N) is 2. The summed E-state index contributed by atoms with van der Waals surface area (Å²) in [6.07, 6.45) is 1.96. The molecule has 90 valence electrons. The number of hydrogen-bond donors (Lipinski definition) is 0. The molecule has 0 amide bonds. The van der Waals surface area contributed by atoms with Gasteiger partial charge in [0.25, 0.3) is 0 Å². The molecule has 0 N–H and O–H groups in total. The van der Waals surface area contributed by atoms with Gasteiger partial charge in [0.2, 0.25) is 0 Å². The fourth-order valence-electron chi connectivity index (χ4n) is 1.30. The van der Waals surface area contributed by atoms with Crippen molar-refractivity contribution in [3.05, 3.63) is 16.4 Å². The summed E-state index contributed by atoms with van der Waals surface area (Å²) in [4.78, 5) is 10.8. The maximum atomic E-state index is 10.8. The van der Waals surface area contributed by atoms with Crippen LogP contribution >= 0.6 is 15.9 Å². The normalized spacial score (nSPS) is 11.0. The van der Waals surface area contributed by atoms with Crippen molar-refractivity contribution in [1.29, 1.82) is 0 Å². The van der Waals surface area contributed by atoms with E-state index in [1.165, 1.54) is 0 Å². The molecule has 0 bridgehead atoms. The molecular formula is C10H15BrN2O3. The number of carbonyl (C=O) groups is 1. The molecule has 0 spiro atoms. The van der Waals surface area contributed by atoms with Crippen LogP contribution in [0.1, 0.15) is 24.3 Å². The lowest BCUT2D eigenvalue weighted by Crippen LogP contribution is -2.25. The van der Waals surface area contributed by atoms with Gasteiger partial charge < -0.3 is 9.47 Å². The maximum Gasteiger partial charge on any atom is 0.176 e. The summed E-state index contributed by atoms with van der Waals surface area (Å²) in [5.74, 6) is 0. The van der Waals surface area contributed by atoms with Gasteiger partial charge in [0.1, 0.15) is 5.69 Å². The summed E-state index contributed by atoms with van der Waals surface area (Å²) in [7, 11) is 0. The Morgan fingerprint density at radius 3 is 2.62 bits per heavy atom. The fraction of sp³-hybridized carbons (Fsp3) is 0.600.